The van der Waals surface area contributed by atoms with Crippen LogP contribution < -0.4 is 21.1 Å². The fraction of sp³-hybridized carbons (Fsp3) is 0.382. The molecule has 1 amide bonds. The molecule has 0 bridgehead atoms. The average molecular weight is 634 g/mol. The van der Waals surface area contributed by atoms with Crippen LogP contribution in [0.1, 0.15) is 43.9 Å². The number of thiophene rings is 1. The molecule has 45 heavy (non-hydrogen) atoms. The fourth-order valence-electron chi connectivity index (χ4n) is 5.18. The molecular formula is C34H40FN5O4S. The van der Waals surface area contributed by atoms with Gasteiger partial charge >= 0.3 is 5.97 Å². The van der Waals surface area contributed by atoms with E-state index in [0.29, 0.717) is 43.0 Å². The van der Waals surface area contributed by atoms with Crippen LogP contribution in [-0.4, -0.2) is 60.6 Å². The van der Waals surface area contributed by atoms with E-state index in [4.69, 9.17) is 15.2 Å². The number of hydrogen-bond donors (Lipinski definition) is 3. The number of pyridine rings is 1. The monoisotopic (exact) mass is 633 g/mol. The number of halogens is 1. The van der Waals surface area contributed by atoms with E-state index in [1.807, 2.05) is 25.1 Å². The molecule has 0 spiro atoms. The zero-order valence-electron chi connectivity index (χ0n) is 25.5. The van der Waals surface area contributed by atoms with Gasteiger partial charge in [0.15, 0.2) is 11.6 Å². The number of carbonyl (C=O) groups excluding carboxylic acids is 2. The van der Waals surface area contributed by atoms with E-state index in [0.717, 1.165) is 65.0 Å². The van der Waals surface area contributed by atoms with Gasteiger partial charge in [-0.25, -0.2) is 4.39 Å². The Labute approximate surface area is 267 Å². The van der Waals surface area contributed by atoms with Crippen molar-refractivity contribution >= 4 is 44.7 Å². The van der Waals surface area contributed by atoms with Crippen molar-refractivity contribution in [2.24, 2.45) is 11.7 Å². The molecule has 1 aliphatic carbocycles. The molecule has 3 heterocycles. The third-order valence-corrected chi connectivity index (χ3v) is 9.06. The van der Waals surface area contributed by atoms with Crippen LogP contribution in [-0.2, 0) is 14.3 Å². The Morgan fingerprint density at radius 1 is 1.16 bits per heavy atom. The van der Waals surface area contributed by atoms with Crippen LogP contribution in [0.5, 0.6) is 11.5 Å². The van der Waals surface area contributed by atoms with Gasteiger partial charge in [-0.3, -0.25) is 19.5 Å². The molecule has 2 aliphatic rings. The molecule has 238 valence electrons. The van der Waals surface area contributed by atoms with Crippen LogP contribution in [0, 0.1) is 11.7 Å². The number of hydrogen-bond acceptors (Lipinski definition) is 9. The number of anilines is 1. The van der Waals surface area contributed by atoms with Crippen molar-refractivity contribution in [1.29, 1.82) is 0 Å². The number of nitrogens with two attached hydrogens (primary N) is 1. The second-order valence-electron chi connectivity index (χ2n) is 11.4. The predicted octanol–water partition coefficient (Wildman–Crippen LogP) is 6.00. The minimum atomic E-state index is -0.582. The molecule has 2 aromatic heterocycles. The summed E-state index contributed by atoms with van der Waals surface area (Å²) < 4.78 is 26.8. The zero-order valence-corrected chi connectivity index (χ0v) is 26.3. The van der Waals surface area contributed by atoms with Crippen molar-refractivity contribution in [3.8, 4) is 11.5 Å². The van der Waals surface area contributed by atoms with Gasteiger partial charge in [-0.05, 0) is 87.2 Å². The van der Waals surface area contributed by atoms with Crippen LogP contribution in [0.3, 0.4) is 0 Å². The molecule has 1 aliphatic heterocycles. The summed E-state index contributed by atoms with van der Waals surface area (Å²) in [5.41, 5.74) is 8.81. The highest BCUT2D eigenvalue weighted by atomic mass is 32.1. The first-order chi connectivity index (χ1) is 21.8. The number of piperidine rings is 1. The number of likely N-dealkylation sites (tertiary alicyclic amines) is 1. The molecule has 1 aromatic carbocycles. The topological polar surface area (TPSA) is 119 Å². The van der Waals surface area contributed by atoms with Gasteiger partial charge in [0, 0.05) is 47.9 Å². The van der Waals surface area contributed by atoms with Gasteiger partial charge in [0.25, 0.3) is 0 Å². The number of aromatic nitrogens is 1. The highest BCUT2D eigenvalue weighted by Gasteiger charge is 2.23. The molecule has 0 radical (unpaired) electrons. The van der Waals surface area contributed by atoms with E-state index in [2.05, 4.69) is 27.1 Å². The summed E-state index contributed by atoms with van der Waals surface area (Å²) in [5.74, 6) is -0.0256. The van der Waals surface area contributed by atoms with Crippen molar-refractivity contribution in [1.82, 2.24) is 15.2 Å². The standard InChI is InChI=1S/C34H40FN5O4S/c1-3-43-33(42)16-23-11-14-40(15-12-23)21-24(19-36)5-4-22(2)31-18-28-34(45-31)30(10-13-37-28)44-29-9-8-26(17-27(29)35)39-32(41)20-38-25-6-7-25/h4-5,8-10,13,17-19,23,25,38H,2-3,6-7,11-12,14-16,20-21,36H2,1H3,(H,39,41)/b5-4-,24-19+. The van der Waals surface area contributed by atoms with Crippen molar-refractivity contribution in [3.05, 3.63) is 77.7 Å². The number of allylic oxidation sites excluding steroid dienone is 2. The van der Waals surface area contributed by atoms with Gasteiger partial charge in [-0.15, -0.1) is 11.3 Å². The van der Waals surface area contributed by atoms with Crippen molar-refractivity contribution in [2.75, 3.05) is 38.1 Å². The summed E-state index contributed by atoms with van der Waals surface area (Å²) in [7, 11) is 0. The highest BCUT2D eigenvalue weighted by Crippen LogP contribution is 2.38. The number of carbonyl (C=O) groups is 2. The number of nitrogens with zero attached hydrogens (tertiary/aromatic N) is 2. The lowest BCUT2D eigenvalue weighted by molar-refractivity contribution is -0.144. The largest absolute Gasteiger partial charge is 0.466 e. The molecule has 11 heteroatoms. The van der Waals surface area contributed by atoms with Crippen molar-refractivity contribution in [3.63, 3.8) is 0 Å². The van der Waals surface area contributed by atoms with Crippen LogP contribution in [0.4, 0.5) is 10.1 Å². The summed E-state index contributed by atoms with van der Waals surface area (Å²) in [6, 6.07) is 8.42. The second-order valence-corrected chi connectivity index (χ2v) is 12.5. The number of esters is 1. The smallest absolute Gasteiger partial charge is 0.306 e. The molecule has 4 N–H and O–H groups in total. The van der Waals surface area contributed by atoms with Crippen LogP contribution in [0.15, 0.2) is 67.0 Å². The maximum absolute atomic E-state index is 15.0. The Balaban J connectivity index is 1.17. The molecular weight excluding hydrogens is 593 g/mol. The Kier molecular flexibility index (Phi) is 11.0. The van der Waals surface area contributed by atoms with Crippen LogP contribution in [0.2, 0.25) is 0 Å². The predicted molar refractivity (Wildman–Crippen MR) is 177 cm³/mol. The van der Waals surface area contributed by atoms with E-state index in [-0.39, 0.29) is 24.2 Å². The van der Waals surface area contributed by atoms with Gasteiger partial charge < -0.3 is 25.8 Å². The normalized spacial score (nSPS) is 16.3. The van der Waals surface area contributed by atoms with Crippen molar-refractivity contribution in [2.45, 2.75) is 45.1 Å². The highest BCUT2D eigenvalue weighted by molar-refractivity contribution is 7.20. The number of amides is 1. The lowest BCUT2D eigenvalue weighted by Crippen LogP contribution is -2.35. The summed E-state index contributed by atoms with van der Waals surface area (Å²) in [4.78, 5) is 31.6. The lowest BCUT2D eigenvalue weighted by Gasteiger charge is -2.31. The summed E-state index contributed by atoms with van der Waals surface area (Å²) in [5, 5.41) is 5.85. The maximum Gasteiger partial charge on any atom is 0.306 e. The second kappa shape index (κ2) is 15.3. The summed E-state index contributed by atoms with van der Waals surface area (Å²) >= 11 is 1.46. The first-order valence-electron chi connectivity index (χ1n) is 15.4. The Morgan fingerprint density at radius 3 is 2.67 bits per heavy atom. The molecule has 0 unspecified atom stereocenters. The number of fused-ring (bicyclic) bond motifs is 1. The van der Waals surface area contributed by atoms with E-state index in [9.17, 15) is 14.0 Å². The number of ether oxygens (including phenoxy) is 2. The number of rotatable bonds is 14. The summed E-state index contributed by atoms with van der Waals surface area (Å²) in [6.45, 7) is 9.20. The third-order valence-electron chi connectivity index (χ3n) is 7.84. The molecule has 1 saturated heterocycles. The number of benzene rings is 1. The van der Waals surface area contributed by atoms with Gasteiger partial charge in [-0.2, -0.15) is 0 Å². The van der Waals surface area contributed by atoms with E-state index in [1.54, 1.807) is 24.5 Å². The van der Waals surface area contributed by atoms with E-state index < -0.39 is 5.82 Å². The minimum Gasteiger partial charge on any atom is -0.466 e. The Bertz CT molecular complexity index is 1590. The molecule has 0 atom stereocenters. The molecule has 9 nitrogen and oxygen atoms in total. The van der Waals surface area contributed by atoms with Gasteiger partial charge in [0.05, 0.1) is 23.4 Å². The third kappa shape index (κ3) is 9.23. The van der Waals surface area contributed by atoms with E-state index in [1.165, 1.54) is 23.5 Å². The van der Waals surface area contributed by atoms with Crippen LogP contribution in [0.25, 0.3) is 15.8 Å². The molecule has 1 saturated carbocycles. The SMILES string of the molecule is C=C(/C=C\C(=C/N)CN1CCC(CC(=O)OCC)CC1)c1cc2nccc(Oc3ccc(NC(=O)CNC4CC4)cc3F)c2s1. The fourth-order valence-corrected chi connectivity index (χ4v) is 6.19. The quantitative estimate of drug-likeness (QED) is 0.146. The first-order valence-corrected chi connectivity index (χ1v) is 16.2. The summed E-state index contributed by atoms with van der Waals surface area (Å²) in [6.07, 6.45) is 11.7. The average Bonchev–Trinajstić information content (AvgIpc) is 3.76. The molecule has 2 fully saturated rings. The number of nitrogens with one attached hydrogen (secondary N) is 2. The van der Waals surface area contributed by atoms with Crippen LogP contribution >= 0.6 is 11.3 Å². The lowest BCUT2D eigenvalue weighted by atomic mass is 9.93. The van der Waals surface area contributed by atoms with Gasteiger partial charge in [0.2, 0.25) is 5.91 Å². The van der Waals surface area contributed by atoms with Crippen molar-refractivity contribution < 1.29 is 23.5 Å². The molecule has 5 rings (SSSR count). The zero-order chi connectivity index (χ0) is 31.8. The van der Waals surface area contributed by atoms with Gasteiger partial charge in [-0.1, -0.05) is 18.7 Å². The Hall–Kier alpha value is -4.06. The Morgan fingerprint density at radius 2 is 1.96 bits per heavy atom. The maximum atomic E-state index is 15.0. The van der Waals surface area contributed by atoms with E-state index >= 15 is 0 Å². The first kappa shape index (κ1) is 32.3. The van der Waals surface area contributed by atoms with Gasteiger partial charge in [0.1, 0.15) is 5.75 Å². The molecule has 3 aromatic rings. The minimum absolute atomic E-state index is 0.0490.